The second-order valence-electron chi connectivity index (χ2n) is 5.25. The van der Waals surface area contributed by atoms with Gasteiger partial charge in [0.25, 0.3) is 0 Å². The fourth-order valence-electron chi connectivity index (χ4n) is 2.69. The summed E-state index contributed by atoms with van der Waals surface area (Å²) in [6, 6.07) is 10.1. The van der Waals surface area contributed by atoms with Crippen molar-refractivity contribution in [2.24, 2.45) is 0 Å². The van der Waals surface area contributed by atoms with Crippen molar-refractivity contribution in [1.29, 1.82) is 0 Å². The van der Waals surface area contributed by atoms with E-state index in [0.29, 0.717) is 6.67 Å². The molecule has 0 spiro atoms. The number of carbonyl (C=O) groups excluding carboxylic acids is 1. The molecule has 1 saturated heterocycles. The molecule has 1 aromatic rings. The van der Waals surface area contributed by atoms with Crippen molar-refractivity contribution in [2.45, 2.75) is 38.5 Å². The summed E-state index contributed by atoms with van der Waals surface area (Å²) in [7, 11) is 0. The summed E-state index contributed by atoms with van der Waals surface area (Å²) in [6.07, 6.45) is 4.68. The number of nitrogens with one attached hydrogen (secondary N) is 1. The van der Waals surface area contributed by atoms with Gasteiger partial charge in [0.05, 0.1) is 12.6 Å². The molecule has 0 aliphatic carbocycles. The van der Waals surface area contributed by atoms with Gasteiger partial charge in [-0.15, -0.1) is 0 Å². The van der Waals surface area contributed by atoms with Crippen LogP contribution in [0.5, 0.6) is 0 Å². The molecule has 1 atom stereocenters. The van der Waals surface area contributed by atoms with Gasteiger partial charge in [0.1, 0.15) is 0 Å². The number of rotatable bonds is 5. The molecule has 3 heteroatoms. The van der Waals surface area contributed by atoms with Crippen LogP contribution in [0, 0.1) is 0 Å². The van der Waals surface area contributed by atoms with Gasteiger partial charge in [-0.3, -0.25) is 9.69 Å². The first-order valence-electron chi connectivity index (χ1n) is 7.36. The Morgan fingerprint density at radius 2 is 1.89 bits per heavy atom. The minimum Gasteiger partial charge on any atom is -0.343 e. The Morgan fingerprint density at radius 3 is 2.53 bits per heavy atom. The largest absolute Gasteiger partial charge is 0.343 e. The molecular formula is C16H24N2O. The molecule has 1 unspecified atom stereocenters. The summed E-state index contributed by atoms with van der Waals surface area (Å²) in [6.45, 7) is 4.99. The quantitative estimate of drug-likeness (QED) is 0.883. The number of amides is 1. The standard InChI is InChI=1S/C16H24N2O/c1-2-15(14-9-5-3-6-10-14)16(19)17-13-18-11-7-4-8-12-18/h3,5-6,9-10,15H,2,4,7-8,11-13H2,1H3,(H,17,19). The van der Waals surface area contributed by atoms with E-state index in [2.05, 4.69) is 17.1 Å². The van der Waals surface area contributed by atoms with Gasteiger partial charge >= 0.3 is 0 Å². The van der Waals surface area contributed by atoms with Crippen LogP contribution in [-0.4, -0.2) is 30.6 Å². The molecule has 0 radical (unpaired) electrons. The normalized spacial score (nSPS) is 17.9. The fraction of sp³-hybridized carbons (Fsp3) is 0.562. The Hall–Kier alpha value is -1.35. The zero-order chi connectivity index (χ0) is 13.5. The van der Waals surface area contributed by atoms with Crippen LogP contribution in [0.1, 0.15) is 44.1 Å². The van der Waals surface area contributed by atoms with Crippen molar-refractivity contribution in [1.82, 2.24) is 10.2 Å². The lowest BCUT2D eigenvalue weighted by atomic mass is 9.96. The van der Waals surface area contributed by atoms with Crippen LogP contribution in [0.4, 0.5) is 0 Å². The summed E-state index contributed by atoms with van der Waals surface area (Å²) in [5, 5.41) is 3.09. The number of hydrogen-bond donors (Lipinski definition) is 1. The number of piperidine rings is 1. The highest BCUT2D eigenvalue weighted by Crippen LogP contribution is 2.19. The Kier molecular flexibility index (Phi) is 5.40. The zero-order valence-corrected chi connectivity index (χ0v) is 11.8. The molecule has 0 saturated carbocycles. The van der Waals surface area contributed by atoms with Gasteiger partial charge in [-0.2, -0.15) is 0 Å². The van der Waals surface area contributed by atoms with Crippen LogP contribution in [0.15, 0.2) is 30.3 Å². The van der Waals surface area contributed by atoms with E-state index >= 15 is 0 Å². The van der Waals surface area contributed by atoms with Crippen LogP contribution in [0.2, 0.25) is 0 Å². The first-order valence-corrected chi connectivity index (χ1v) is 7.36. The van der Waals surface area contributed by atoms with E-state index < -0.39 is 0 Å². The highest BCUT2D eigenvalue weighted by molar-refractivity contribution is 5.83. The molecule has 1 aliphatic rings. The zero-order valence-electron chi connectivity index (χ0n) is 11.8. The molecule has 19 heavy (non-hydrogen) atoms. The Morgan fingerprint density at radius 1 is 1.21 bits per heavy atom. The molecule has 0 bridgehead atoms. The smallest absolute Gasteiger partial charge is 0.228 e. The van der Waals surface area contributed by atoms with Gasteiger partial charge in [0.2, 0.25) is 5.91 Å². The second-order valence-corrected chi connectivity index (χ2v) is 5.25. The molecular weight excluding hydrogens is 236 g/mol. The number of carbonyl (C=O) groups is 1. The van der Waals surface area contributed by atoms with Crippen molar-refractivity contribution in [3.05, 3.63) is 35.9 Å². The van der Waals surface area contributed by atoms with E-state index in [1.807, 2.05) is 30.3 Å². The Balaban J connectivity index is 1.86. The van der Waals surface area contributed by atoms with E-state index in [-0.39, 0.29) is 11.8 Å². The van der Waals surface area contributed by atoms with Gasteiger partial charge in [0, 0.05) is 0 Å². The third kappa shape index (κ3) is 4.06. The minimum absolute atomic E-state index is 0.0222. The van der Waals surface area contributed by atoms with E-state index in [0.717, 1.165) is 25.1 Å². The van der Waals surface area contributed by atoms with E-state index in [9.17, 15) is 4.79 Å². The lowest BCUT2D eigenvalue weighted by Gasteiger charge is -2.27. The van der Waals surface area contributed by atoms with E-state index in [1.165, 1.54) is 19.3 Å². The molecule has 1 heterocycles. The molecule has 2 rings (SSSR count). The maximum atomic E-state index is 12.3. The number of likely N-dealkylation sites (tertiary alicyclic amines) is 1. The summed E-state index contributed by atoms with van der Waals surface area (Å²) < 4.78 is 0. The Labute approximate surface area is 116 Å². The number of nitrogens with zero attached hydrogens (tertiary/aromatic N) is 1. The molecule has 1 aliphatic heterocycles. The van der Waals surface area contributed by atoms with Crippen LogP contribution in [0.25, 0.3) is 0 Å². The molecule has 0 aromatic heterocycles. The van der Waals surface area contributed by atoms with Gasteiger partial charge in [-0.25, -0.2) is 0 Å². The lowest BCUT2D eigenvalue weighted by molar-refractivity contribution is -0.123. The van der Waals surface area contributed by atoms with Gasteiger partial charge in [0.15, 0.2) is 0 Å². The highest BCUT2D eigenvalue weighted by Gasteiger charge is 2.19. The molecule has 1 fully saturated rings. The second kappa shape index (κ2) is 7.29. The predicted octanol–water partition coefficient (Wildman–Crippen LogP) is 2.74. The summed E-state index contributed by atoms with van der Waals surface area (Å²) in [4.78, 5) is 14.6. The summed E-state index contributed by atoms with van der Waals surface area (Å²) in [5.41, 5.74) is 1.11. The van der Waals surface area contributed by atoms with Crippen molar-refractivity contribution in [3.8, 4) is 0 Å². The van der Waals surface area contributed by atoms with Gasteiger partial charge in [-0.05, 0) is 37.9 Å². The maximum Gasteiger partial charge on any atom is 0.228 e. The minimum atomic E-state index is -0.0222. The first kappa shape index (κ1) is 14.1. The van der Waals surface area contributed by atoms with Crippen molar-refractivity contribution in [2.75, 3.05) is 19.8 Å². The first-order chi connectivity index (χ1) is 9.31. The summed E-state index contributed by atoms with van der Waals surface area (Å²) in [5.74, 6) is 0.130. The van der Waals surface area contributed by atoms with Gasteiger partial charge in [-0.1, -0.05) is 43.7 Å². The average Bonchev–Trinajstić information content (AvgIpc) is 2.48. The number of hydrogen-bond acceptors (Lipinski definition) is 2. The third-order valence-electron chi connectivity index (χ3n) is 3.85. The third-order valence-corrected chi connectivity index (χ3v) is 3.85. The topological polar surface area (TPSA) is 32.3 Å². The van der Waals surface area contributed by atoms with Crippen LogP contribution >= 0.6 is 0 Å². The predicted molar refractivity (Wildman–Crippen MR) is 77.9 cm³/mol. The lowest BCUT2D eigenvalue weighted by Crippen LogP contribution is -2.41. The highest BCUT2D eigenvalue weighted by atomic mass is 16.2. The van der Waals surface area contributed by atoms with E-state index in [1.54, 1.807) is 0 Å². The number of benzene rings is 1. The van der Waals surface area contributed by atoms with Crippen molar-refractivity contribution >= 4 is 5.91 Å². The van der Waals surface area contributed by atoms with Crippen molar-refractivity contribution < 1.29 is 4.79 Å². The molecule has 1 aromatic carbocycles. The Bertz CT molecular complexity index is 385. The molecule has 3 nitrogen and oxygen atoms in total. The monoisotopic (exact) mass is 260 g/mol. The summed E-state index contributed by atoms with van der Waals surface area (Å²) >= 11 is 0. The molecule has 1 amide bonds. The van der Waals surface area contributed by atoms with Crippen LogP contribution in [0.3, 0.4) is 0 Å². The van der Waals surface area contributed by atoms with Crippen LogP contribution < -0.4 is 5.32 Å². The maximum absolute atomic E-state index is 12.3. The van der Waals surface area contributed by atoms with Crippen LogP contribution in [-0.2, 0) is 4.79 Å². The average molecular weight is 260 g/mol. The van der Waals surface area contributed by atoms with Crippen molar-refractivity contribution in [3.63, 3.8) is 0 Å². The molecule has 1 N–H and O–H groups in total. The SMILES string of the molecule is CCC(C(=O)NCN1CCCCC1)c1ccccc1. The van der Waals surface area contributed by atoms with E-state index in [4.69, 9.17) is 0 Å². The molecule has 104 valence electrons. The fourth-order valence-corrected chi connectivity index (χ4v) is 2.69. The van der Waals surface area contributed by atoms with Gasteiger partial charge < -0.3 is 5.32 Å².